The van der Waals surface area contributed by atoms with E-state index >= 15 is 0 Å². The van der Waals surface area contributed by atoms with Crippen LogP contribution in [0.4, 0.5) is 5.69 Å². The van der Waals surface area contributed by atoms with E-state index in [2.05, 4.69) is 10.9 Å². The molecule has 1 aromatic carbocycles. The summed E-state index contributed by atoms with van der Waals surface area (Å²) >= 11 is 0. The van der Waals surface area contributed by atoms with Gasteiger partial charge in [0, 0.05) is 12.8 Å². The van der Waals surface area contributed by atoms with Gasteiger partial charge in [0.2, 0.25) is 0 Å². The summed E-state index contributed by atoms with van der Waals surface area (Å²) in [7, 11) is 0. The van der Waals surface area contributed by atoms with E-state index in [0.717, 1.165) is 0 Å². The van der Waals surface area contributed by atoms with Gasteiger partial charge < -0.3 is 10.5 Å². The Morgan fingerprint density at radius 2 is 1.74 bits per heavy atom. The predicted octanol–water partition coefficient (Wildman–Crippen LogP) is 1.64. The molecule has 1 aliphatic rings. The normalized spacial score (nSPS) is 19.5. The third-order valence-electron chi connectivity index (χ3n) is 3.20. The molecule has 0 heterocycles. The maximum atomic E-state index is 11.9. The number of anilines is 1. The Kier molecular flexibility index (Phi) is 3.57. The standard InChI is InChI=1S/C14H18N2O3/c1-14(2)7-11(18)13(12(19)8-14)16-15-9-5-3-4-6-10(9)17/h3-6,13,15-17H,7-8H2,1-2H3. The fraction of sp³-hybridized carbons (Fsp3) is 0.429. The van der Waals surface area contributed by atoms with E-state index in [4.69, 9.17) is 0 Å². The number of phenolic OH excluding ortho intramolecular Hbond substituents is 1. The number of Topliss-reactive ketones (excluding diaryl/α,β-unsaturated/α-hetero) is 2. The lowest BCUT2D eigenvalue weighted by molar-refractivity contribution is -0.136. The number of phenols is 1. The zero-order chi connectivity index (χ0) is 14.0. The Hall–Kier alpha value is -1.88. The molecule has 5 nitrogen and oxygen atoms in total. The number of rotatable bonds is 3. The highest BCUT2D eigenvalue weighted by Crippen LogP contribution is 2.31. The van der Waals surface area contributed by atoms with Crippen molar-refractivity contribution in [3.05, 3.63) is 24.3 Å². The summed E-state index contributed by atoms with van der Waals surface area (Å²) in [5.74, 6) is -0.181. The highest BCUT2D eigenvalue weighted by molar-refractivity contribution is 6.09. The number of aromatic hydroxyl groups is 1. The van der Waals surface area contributed by atoms with E-state index < -0.39 is 6.04 Å². The van der Waals surface area contributed by atoms with Gasteiger partial charge in [0.05, 0.1) is 5.69 Å². The molecule has 0 radical (unpaired) electrons. The topological polar surface area (TPSA) is 78.4 Å². The van der Waals surface area contributed by atoms with Crippen LogP contribution in [0.2, 0.25) is 0 Å². The third-order valence-corrected chi connectivity index (χ3v) is 3.20. The van der Waals surface area contributed by atoms with Gasteiger partial charge in [-0.1, -0.05) is 26.0 Å². The van der Waals surface area contributed by atoms with Gasteiger partial charge in [-0.3, -0.25) is 9.59 Å². The maximum Gasteiger partial charge on any atom is 0.159 e. The number of hydrogen-bond acceptors (Lipinski definition) is 5. The first-order chi connectivity index (χ1) is 8.89. The zero-order valence-electron chi connectivity index (χ0n) is 11.1. The molecule has 1 aromatic rings. The lowest BCUT2D eigenvalue weighted by atomic mass is 9.74. The van der Waals surface area contributed by atoms with E-state index in [1.165, 1.54) is 6.07 Å². The van der Waals surface area contributed by atoms with Crippen LogP contribution in [0.3, 0.4) is 0 Å². The SMILES string of the molecule is CC1(C)CC(=O)C(NNc2ccccc2O)C(=O)C1. The highest BCUT2D eigenvalue weighted by atomic mass is 16.3. The minimum absolute atomic E-state index is 0.0611. The summed E-state index contributed by atoms with van der Waals surface area (Å²) in [6.07, 6.45) is 0.748. The molecular formula is C14H18N2O3. The number of hydrazine groups is 1. The van der Waals surface area contributed by atoms with Crippen LogP contribution in [0.5, 0.6) is 5.75 Å². The van der Waals surface area contributed by atoms with Crippen LogP contribution in [-0.4, -0.2) is 22.7 Å². The first-order valence-corrected chi connectivity index (χ1v) is 6.24. The lowest BCUT2D eigenvalue weighted by Gasteiger charge is -2.32. The average molecular weight is 262 g/mol. The number of para-hydroxylation sites is 2. The van der Waals surface area contributed by atoms with Gasteiger partial charge in [-0.25, -0.2) is 5.43 Å². The quantitative estimate of drug-likeness (QED) is 0.438. The monoisotopic (exact) mass is 262 g/mol. The second-order valence-electron chi connectivity index (χ2n) is 5.67. The van der Waals surface area contributed by atoms with Crippen molar-refractivity contribution >= 4 is 17.3 Å². The van der Waals surface area contributed by atoms with Crippen molar-refractivity contribution < 1.29 is 14.7 Å². The van der Waals surface area contributed by atoms with Crippen molar-refractivity contribution in [3.63, 3.8) is 0 Å². The Morgan fingerprint density at radius 1 is 1.16 bits per heavy atom. The van der Waals surface area contributed by atoms with Crippen LogP contribution >= 0.6 is 0 Å². The van der Waals surface area contributed by atoms with E-state index in [9.17, 15) is 14.7 Å². The average Bonchev–Trinajstić information content (AvgIpc) is 2.28. The predicted molar refractivity (Wildman–Crippen MR) is 71.7 cm³/mol. The largest absolute Gasteiger partial charge is 0.506 e. The van der Waals surface area contributed by atoms with Crippen LogP contribution in [-0.2, 0) is 9.59 Å². The number of benzene rings is 1. The molecule has 1 fully saturated rings. The molecule has 0 unspecified atom stereocenters. The van der Waals surface area contributed by atoms with E-state index in [1.54, 1.807) is 18.2 Å². The summed E-state index contributed by atoms with van der Waals surface area (Å²) < 4.78 is 0. The van der Waals surface area contributed by atoms with Crippen molar-refractivity contribution in [2.75, 3.05) is 5.43 Å². The Morgan fingerprint density at radius 3 is 2.32 bits per heavy atom. The Labute approximate surface area is 112 Å². The van der Waals surface area contributed by atoms with Gasteiger partial charge in [0.25, 0.3) is 0 Å². The maximum absolute atomic E-state index is 11.9. The fourth-order valence-electron chi connectivity index (χ4n) is 2.28. The van der Waals surface area contributed by atoms with Crippen molar-refractivity contribution in [1.82, 2.24) is 5.43 Å². The minimum atomic E-state index is -0.840. The molecular weight excluding hydrogens is 244 g/mol. The van der Waals surface area contributed by atoms with Crippen LogP contribution < -0.4 is 10.9 Å². The van der Waals surface area contributed by atoms with E-state index in [-0.39, 0.29) is 22.7 Å². The number of hydrogen-bond donors (Lipinski definition) is 3. The molecule has 0 spiro atoms. The van der Waals surface area contributed by atoms with Gasteiger partial charge in [-0.05, 0) is 17.5 Å². The summed E-state index contributed by atoms with van der Waals surface area (Å²) in [6, 6.07) is 5.78. The second-order valence-corrected chi connectivity index (χ2v) is 5.67. The lowest BCUT2D eigenvalue weighted by Crippen LogP contribution is -2.51. The Balaban J connectivity index is 2.02. The zero-order valence-corrected chi connectivity index (χ0v) is 11.1. The molecule has 1 aliphatic carbocycles. The molecule has 0 aromatic heterocycles. The third kappa shape index (κ3) is 3.12. The van der Waals surface area contributed by atoms with Crippen LogP contribution in [0.15, 0.2) is 24.3 Å². The van der Waals surface area contributed by atoms with Crippen LogP contribution in [0.1, 0.15) is 26.7 Å². The van der Waals surface area contributed by atoms with Crippen molar-refractivity contribution in [1.29, 1.82) is 0 Å². The van der Waals surface area contributed by atoms with Crippen molar-refractivity contribution in [2.45, 2.75) is 32.7 Å². The summed E-state index contributed by atoms with van der Waals surface area (Å²) in [5, 5.41) is 9.58. The smallest absolute Gasteiger partial charge is 0.159 e. The highest BCUT2D eigenvalue weighted by Gasteiger charge is 2.39. The van der Waals surface area contributed by atoms with Crippen molar-refractivity contribution in [2.24, 2.45) is 5.41 Å². The van der Waals surface area contributed by atoms with Gasteiger partial charge in [0.1, 0.15) is 11.8 Å². The molecule has 2 rings (SSSR count). The summed E-state index contributed by atoms with van der Waals surface area (Å²) in [5.41, 5.74) is 5.61. The fourth-order valence-corrected chi connectivity index (χ4v) is 2.28. The number of carbonyl (C=O) groups is 2. The van der Waals surface area contributed by atoms with Crippen LogP contribution in [0, 0.1) is 5.41 Å². The van der Waals surface area contributed by atoms with Crippen LogP contribution in [0.25, 0.3) is 0 Å². The second kappa shape index (κ2) is 5.01. The molecule has 102 valence electrons. The molecule has 3 N–H and O–H groups in total. The molecule has 5 heteroatoms. The first kappa shape index (κ1) is 13.5. The number of carbonyl (C=O) groups excluding carboxylic acids is 2. The number of ketones is 2. The summed E-state index contributed by atoms with van der Waals surface area (Å²) in [4.78, 5) is 23.9. The van der Waals surface area contributed by atoms with E-state index in [0.29, 0.717) is 18.5 Å². The molecule has 0 atom stereocenters. The molecule has 0 aliphatic heterocycles. The molecule has 19 heavy (non-hydrogen) atoms. The van der Waals surface area contributed by atoms with Gasteiger partial charge in [-0.2, -0.15) is 0 Å². The van der Waals surface area contributed by atoms with Crippen molar-refractivity contribution in [3.8, 4) is 5.75 Å². The van der Waals surface area contributed by atoms with E-state index in [1.807, 2.05) is 13.8 Å². The molecule has 0 bridgehead atoms. The van der Waals surface area contributed by atoms with Gasteiger partial charge in [0.15, 0.2) is 11.6 Å². The van der Waals surface area contributed by atoms with Gasteiger partial charge in [-0.15, -0.1) is 0 Å². The Bertz CT molecular complexity index is 491. The summed E-state index contributed by atoms with van der Waals surface area (Å²) in [6.45, 7) is 3.82. The van der Waals surface area contributed by atoms with Gasteiger partial charge >= 0.3 is 0 Å². The minimum Gasteiger partial charge on any atom is -0.506 e. The number of nitrogens with one attached hydrogen (secondary N) is 2. The molecule has 1 saturated carbocycles. The molecule has 0 saturated heterocycles. The molecule has 0 amide bonds. The first-order valence-electron chi connectivity index (χ1n) is 6.24.